The molecule has 0 aliphatic carbocycles. The molecule has 0 spiro atoms. The van der Waals surface area contributed by atoms with Gasteiger partial charge in [0.1, 0.15) is 10.1 Å². The van der Waals surface area contributed by atoms with Crippen LogP contribution in [0.15, 0.2) is 9.98 Å². The van der Waals surface area contributed by atoms with Gasteiger partial charge in [-0.2, -0.15) is 0 Å². The number of rotatable bonds is 3. The molecule has 0 bridgehead atoms. The molecule has 0 saturated carbocycles. The van der Waals surface area contributed by atoms with Crippen LogP contribution in [0.1, 0.15) is 12.8 Å². The predicted molar refractivity (Wildman–Crippen MR) is 63.9 cm³/mol. The summed E-state index contributed by atoms with van der Waals surface area (Å²) in [6.07, 6.45) is 0.916. The van der Waals surface area contributed by atoms with Gasteiger partial charge in [-0.05, 0) is 15.9 Å². The molecule has 2 heterocycles. The molecule has 1 aliphatic heterocycles. The van der Waals surface area contributed by atoms with Crippen molar-refractivity contribution in [3.63, 3.8) is 0 Å². The molecule has 7 heteroatoms. The molecular weight excluding hydrogens is 296 g/mol. The molecule has 1 aliphatic rings. The topological polar surface area (TPSA) is 71.5 Å². The summed E-state index contributed by atoms with van der Waals surface area (Å²) in [5, 5.41) is 14.8. The van der Waals surface area contributed by atoms with Crippen LogP contribution in [0.25, 0.3) is 0 Å². The largest absolute Gasteiger partial charge is 0.480 e. The minimum atomic E-state index is -0.935. The van der Waals surface area contributed by atoms with Crippen LogP contribution >= 0.6 is 27.3 Å². The number of halogens is 1. The van der Waals surface area contributed by atoms with E-state index in [-0.39, 0.29) is 0 Å². The molecule has 1 aromatic heterocycles. The minimum Gasteiger partial charge on any atom is -0.480 e. The van der Waals surface area contributed by atoms with Gasteiger partial charge in [0, 0.05) is 31.4 Å². The van der Waals surface area contributed by atoms with E-state index < -0.39 is 11.5 Å². The third-order valence-corrected chi connectivity index (χ3v) is 4.05. The molecule has 0 amide bonds. The second kappa shape index (κ2) is 4.68. The Labute approximate surface area is 105 Å². The molecule has 0 atom stereocenters. The average Bonchev–Trinajstić information content (AvgIpc) is 2.65. The first kappa shape index (κ1) is 11.8. The number of carboxylic acids is 1. The number of nitrogens with zero attached hydrogens (tertiary/aromatic N) is 1. The van der Waals surface area contributed by atoms with Crippen molar-refractivity contribution in [2.45, 2.75) is 18.4 Å². The number of carboxylic acid groups (broad SMARTS) is 1. The lowest BCUT2D eigenvalue weighted by Crippen LogP contribution is -2.50. The Hall–Kier alpha value is -0.660. The number of aliphatic carboxylic acids is 1. The smallest absolute Gasteiger partial charge is 0.329 e. The SMILES string of the molecule is O=C(O)C1(Nc2nc(Br)cs2)CCOCC1. The predicted octanol–water partition coefficient (Wildman–Crippen LogP) is 1.95. The van der Waals surface area contributed by atoms with Crippen LogP contribution in [0.5, 0.6) is 0 Å². The number of hydrogen-bond donors (Lipinski definition) is 2. The third-order valence-electron chi connectivity index (χ3n) is 2.58. The first-order chi connectivity index (χ1) is 7.62. The lowest BCUT2D eigenvalue weighted by Gasteiger charge is -2.33. The van der Waals surface area contributed by atoms with Crippen molar-refractivity contribution in [1.82, 2.24) is 4.98 Å². The summed E-state index contributed by atoms with van der Waals surface area (Å²) < 4.78 is 5.90. The molecule has 0 aromatic carbocycles. The molecule has 5 nitrogen and oxygen atoms in total. The lowest BCUT2D eigenvalue weighted by molar-refractivity contribution is -0.145. The monoisotopic (exact) mass is 306 g/mol. The van der Waals surface area contributed by atoms with Gasteiger partial charge in [0.2, 0.25) is 0 Å². The van der Waals surface area contributed by atoms with Crippen molar-refractivity contribution in [1.29, 1.82) is 0 Å². The van der Waals surface area contributed by atoms with Gasteiger partial charge in [0.05, 0.1) is 0 Å². The van der Waals surface area contributed by atoms with Gasteiger partial charge in [-0.25, -0.2) is 9.78 Å². The van der Waals surface area contributed by atoms with E-state index in [1.165, 1.54) is 11.3 Å². The normalized spacial score (nSPS) is 19.3. The third kappa shape index (κ3) is 2.36. The van der Waals surface area contributed by atoms with Crippen molar-refractivity contribution in [3.05, 3.63) is 9.98 Å². The first-order valence-corrected chi connectivity index (χ1v) is 6.50. The van der Waals surface area contributed by atoms with Gasteiger partial charge in [-0.1, -0.05) is 0 Å². The van der Waals surface area contributed by atoms with E-state index >= 15 is 0 Å². The number of ether oxygens (including phenoxy) is 1. The van der Waals surface area contributed by atoms with Crippen LogP contribution in [-0.2, 0) is 9.53 Å². The summed E-state index contributed by atoms with van der Waals surface area (Å²) in [6, 6.07) is 0. The molecule has 16 heavy (non-hydrogen) atoms. The maximum atomic E-state index is 11.3. The van der Waals surface area contributed by atoms with Gasteiger partial charge in [0.25, 0.3) is 0 Å². The molecule has 1 aromatic rings. The van der Waals surface area contributed by atoms with E-state index in [1.54, 1.807) is 0 Å². The van der Waals surface area contributed by atoms with Crippen molar-refractivity contribution < 1.29 is 14.6 Å². The summed E-state index contributed by atoms with van der Waals surface area (Å²) >= 11 is 4.62. The molecule has 2 N–H and O–H groups in total. The maximum absolute atomic E-state index is 11.3. The average molecular weight is 307 g/mol. The first-order valence-electron chi connectivity index (χ1n) is 4.83. The van der Waals surface area contributed by atoms with Crippen molar-refractivity contribution >= 4 is 38.4 Å². The summed E-state index contributed by atoms with van der Waals surface area (Å²) in [5.74, 6) is -0.845. The molecule has 0 radical (unpaired) electrons. The van der Waals surface area contributed by atoms with Gasteiger partial charge in [-0.15, -0.1) is 11.3 Å². The number of thiazole rings is 1. The maximum Gasteiger partial charge on any atom is 0.329 e. The van der Waals surface area contributed by atoms with E-state index in [0.29, 0.717) is 35.8 Å². The van der Waals surface area contributed by atoms with Crippen molar-refractivity contribution in [2.24, 2.45) is 0 Å². The number of nitrogens with one attached hydrogen (secondary N) is 1. The Kier molecular flexibility index (Phi) is 3.46. The number of anilines is 1. The van der Waals surface area contributed by atoms with E-state index in [1.807, 2.05) is 5.38 Å². The fraction of sp³-hybridized carbons (Fsp3) is 0.556. The Bertz CT molecular complexity index is 390. The molecular formula is C9H11BrN2O3S. The second-order valence-electron chi connectivity index (χ2n) is 3.60. The highest BCUT2D eigenvalue weighted by molar-refractivity contribution is 9.10. The van der Waals surface area contributed by atoms with Crippen LogP contribution in [-0.4, -0.2) is 34.8 Å². The second-order valence-corrected chi connectivity index (χ2v) is 5.27. The van der Waals surface area contributed by atoms with Gasteiger partial charge in [0.15, 0.2) is 5.13 Å². The highest BCUT2D eigenvalue weighted by atomic mass is 79.9. The van der Waals surface area contributed by atoms with Crippen LogP contribution in [0.4, 0.5) is 5.13 Å². The fourth-order valence-electron chi connectivity index (χ4n) is 1.63. The van der Waals surface area contributed by atoms with E-state index in [4.69, 9.17) is 4.74 Å². The number of carbonyl (C=O) groups is 1. The molecule has 2 rings (SSSR count). The van der Waals surface area contributed by atoms with Crippen LogP contribution in [0.3, 0.4) is 0 Å². The lowest BCUT2D eigenvalue weighted by atomic mass is 9.90. The molecule has 0 unspecified atom stereocenters. The molecule has 1 saturated heterocycles. The van der Waals surface area contributed by atoms with Gasteiger partial charge >= 0.3 is 5.97 Å². The van der Waals surface area contributed by atoms with Gasteiger partial charge < -0.3 is 15.2 Å². The van der Waals surface area contributed by atoms with Crippen LogP contribution < -0.4 is 5.32 Å². The van der Waals surface area contributed by atoms with E-state index in [9.17, 15) is 9.90 Å². The van der Waals surface area contributed by atoms with Crippen molar-refractivity contribution in [3.8, 4) is 0 Å². The Morgan fingerprint density at radius 2 is 2.31 bits per heavy atom. The Morgan fingerprint density at radius 1 is 1.62 bits per heavy atom. The quantitative estimate of drug-likeness (QED) is 0.893. The fourth-order valence-corrected chi connectivity index (χ4v) is 2.87. The number of aromatic nitrogens is 1. The zero-order valence-corrected chi connectivity index (χ0v) is 10.8. The summed E-state index contributed by atoms with van der Waals surface area (Å²) in [7, 11) is 0. The Balaban J connectivity index is 2.16. The zero-order valence-electron chi connectivity index (χ0n) is 8.40. The zero-order chi connectivity index (χ0) is 11.6. The van der Waals surface area contributed by atoms with E-state index in [0.717, 1.165) is 0 Å². The summed E-state index contributed by atoms with van der Waals surface area (Å²) in [6.45, 7) is 0.928. The molecule has 88 valence electrons. The summed E-state index contributed by atoms with van der Waals surface area (Å²) in [5.41, 5.74) is -0.935. The highest BCUT2D eigenvalue weighted by Gasteiger charge is 2.40. The Morgan fingerprint density at radius 3 is 2.81 bits per heavy atom. The van der Waals surface area contributed by atoms with Crippen LogP contribution in [0.2, 0.25) is 0 Å². The highest BCUT2D eigenvalue weighted by Crippen LogP contribution is 2.29. The standard InChI is InChI=1S/C9H11BrN2O3S/c10-6-5-16-8(11-6)12-9(7(13)14)1-3-15-4-2-9/h5H,1-4H2,(H,11,12)(H,13,14). The van der Waals surface area contributed by atoms with Gasteiger partial charge in [-0.3, -0.25) is 0 Å². The number of hydrogen-bond acceptors (Lipinski definition) is 5. The van der Waals surface area contributed by atoms with E-state index in [2.05, 4.69) is 26.2 Å². The summed E-state index contributed by atoms with van der Waals surface area (Å²) in [4.78, 5) is 15.5. The molecule has 1 fully saturated rings. The van der Waals surface area contributed by atoms with Crippen LogP contribution in [0, 0.1) is 0 Å². The van der Waals surface area contributed by atoms with Crippen molar-refractivity contribution in [2.75, 3.05) is 18.5 Å². The minimum absolute atomic E-state index is 0.458.